The molecule has 272 valence electrons. The number of carbonyl (C=O) groups is 4. The normalized spacial score (nSPS) is 27.3. The molecule has 48 heavy (non-hydrogen) atoms. The second-order valence-corrected chi connectivity index (χ2v) is 9.62. The van der Waals surface area contributed by atoms with Crippen molar-refractivity contribution in [1.82, 2.24) is 0 Å². The summed E-state index contributed by atoms with van der Waals surface area (Å²) in [5.74, 6) is -45.6. The van der Waals surface area contributed by atoms with Gasteiger partial charge >= 0.3 is 53.5 Å². The quantitative estimate of drug-likeness (QED) is 0.0912. The number of carbonyl (C=O) groups excluding carboxylic acids is 4. The van der Waals surface area contributed by atoms with Crippen LogP contribution < -0.4 is 0 Å². The monoisotopic (exact) mass is 728 g/mol. The van der Waals surface area contributed by atoms with Gasteiger partial charge in [0.1, 0.15) is 19.8 Å². The second kappa shape index (κ2) is 13.4. The Morgan fingerprint density at radius 2 is 0.896 bits per heavy atom. The van der Waals surface area contributed by atoms with Gasteiger partial charge in [0.05, 0.1) is 13.0 Å². The van der Waals surface area contributed by atoms with Gasteiger partial charge in [-0.1, -0.05) is 26.3 Å². The minimum Gasteiger partial charge on any atom is -0.462 e. The highest BCUT2D eigenvalue weighted by molar-refractivity contribution is 5.82. The van der Waals surface area contributed by atoms with E-state index in [1.807, 2.05) is 0 Å². The van der Waals surface area contributed by atoms with Crippen LogP contribution in [0, 0.1) is 0 Å². The van der Waals surface area contributed by atoms with Gasteiger partial charge in [0, 0.05) is 24.3 Å². The number of rotatable bonds is 16. The van der Waals surface area contributed by atoms with E-state index in [-0.39, 0.29) is 24.3 Å². The molecule has 0 saturated heterocycles. The molecule has 0 amide bonds. The van der Waals surface area contributed by atoms with Crippen LogP contribution in [0.25, 0.3) is 0 Å². The van der Waals surface area contributed by atoms with Gasteiger partial charge in [0.15, 0.2) is 0 Å². The Kier molecular flexibility index (Phi) is 11.7. The summed E-state index contributed by atoms with van der Waals surface area (Å²) in [6.45, 7) is -2.46. The Morgan fingerprint density at radius 1 is 0.542 bits per heavy atom. The summed E-state index contributed by atoms with van der Waals surface area (Å²) in [4.78, 5) is 45.4. The van der Waals surface area contributed by atoms with Crippen molar-refractivity contribution in [3.8, 4) is 0 Å². The molecule has 0 aromatic heterocycles. The second-order valence-electron chi connectivity index (χ2n) is 9.62. The molecule has 1 saturated carbocycles. The summed E-state index contributed by atoms with van der Waals surface area (Å²) in [7, 11) is 0. The number of halogens is 14. The van der Waals surface area contributed by atoms with Crippen LogP contribution in [0.15, 0.2) is 50.6 Å². The SMILES string of the molecule is C=CC(=O)OCCC(F)(F)C(F)(F)C(F)(COC(=O)C=C)C1(F)C(F)(F)C(F)(COC(=O)C=C)C(F)(F)C(F)(F)C1(F)COC(=O)C=C. The van der Waals surface area contributed by atoms with Gasteiger partial charge in [0.2, 0.25) is 0 Å². The number of ether oxygens (including phenoxy) is 4. The van der Waals surface area contributed by atoms with E-state index in [1.165, 1.54) is 0 Å². The average molecular weight is 728 g/mol. The molecule has 8 nitrogen and oxygen atoms in total. The lowest BCUT2D eigenvalue weighted by atomic mass is 9.55. The lowest BCUT2D eigenvalue weighted by Crippen LogP contribution is -2.93. The predicted molar refractivity (Wildman–Crippen MR) is 129 cm³/mol. The Morgan fingerprint density at radius 3 is 1.31 bits per heavy atom. The van der Waals surface area contributed by atoms with E-state index < -0.39 is 109 Å². The van der Waals surface area contributed by atoms with E-state index in [4.69, 9.17) is 0 Å². The Labute approximate surface area is 260 Å². The first-order chi connectivity index (χ1) is 21.6. The van der Waals surface area contributed by atoms with Crippen molar-refractivity contribution in [2.24, 2.45) is 0 Å². The van der Waals surface area contributed by atoms with Crippen molar-refractivity contribution in [2.75, 3.05) is 26.4 Å². The average Bonchev–Trinajstić information content (AvgIpc) is 3.02. The molecule has 0 spiro atoms. The minimum atomic E-state index is -7.87. The Bertz CT molecular complexity index is 1340. The van der Waals surface area contributed by atoms with Crippen LogP contribution in [-0.4, -0.2) is 103 Å². The largest absolute Gasteiger partial charge is 0.462 e. The van der Waals surface area contributed by atoms with Crippen molar-refractivity contribution in [3.05, 3.63) is 50.6 Å². The van der Waals surface area contributed by atoms with Gasteiger partial charge in [-0.25, -0.2) is 36.7 Å². The molecule has 4 atom stereocenters. The summed E-state index contributed by atoms with van der Waals surface area (Å²) in [5.41, 5.74) is -29.5. The predicted octanol–water partition coefficient (Wildman–Crippen LogP) is 5.32. The molecule has 0 aliphatic heterocycles. The van der Waals surface area contributed by atoms with Crippen molar-refractivity contribution in [2.45, 2.75) is 58.7 Å². The first-order valence-electron chi connectivity index (χ1n) is 12.4. The molecular formula is C26H22F14O8. The number of alkyl halides is 14. The van der Waals surface area contributed by atoms with E-state index in [1.54, 1.807) is 0 Å². The summed E-state index contributed by atoms with van der Waals surface area (Å²) in [6, 6.07) is 0. The van der Waals surface area contributed by atoms with Gasteiger partial charge in [-0.2, -0.15) is 43.9 Å². The van der Waals surface area contributed by atoms with Gasteiger partial charge in [-0.15, -0.1) is 0 Å². The number of esters is 4. The molecule has 0 heterocycles. The molecule has 0 bridgehead atoms. The summed E-state index contributed by atoms with van der Waals surface area (Å²) < 4.78 is 235. The third kappa shape index (κ3) is 5.79. The number of hydrogen-bond donors (Lipinski definition) is 0. The van der Waals surface area contributed by atoms with Gasteiger partial charge in [-0.05, 0) is 0 Å². The first kappa shape index (κ1) is 41.9. The molecule has 0 N–H and O–H groups in total. The zero-order chi connectivity index (χ0) is 38.0. The molecular weight excluding hydrogens is 706 g/mol. The van der Waals surface area contributed by atoms with Crippen molar-refractivity contribution >= 4 is 23.9 Å². The molecule has 1 fully saturated rings. The van der Waals surface area contributed by atoms with E-state index in [2.05, 4.69) is 45.3 Å². The fourth-order valence-electron chi connectivity index (χ4n) is 4.25. The lowest BCUT2D eigenvalue weighted by Gasteiger charge is -2.61. The lowest BCUT2D eigenvalue weighted by molar-refractivity contribution is -0.474. The van der Waals surface area contributed by atoms with E-state index in [9.17, 15) is 28.0 Å². The van der Waals surface area contributed by atoms with Crippen molar-refractivity contribution in [3.63, 3.8) is 0 Å². The van der Waals surface area contributed by atoms with E-state index >= 15 is 52.7 Å². The maximum absolute atomic E-state index is 17.0. The van der Waals surface area contributed by atoms with Crippen LogP contribution in [0.5, 0.6) is 0 Å². The molecule has 1 rings (SSSR count). The maximum Gasteiger partial charge on any atom is 0.356 e. The van der Waals surface area contributed by atoms with E-state index in [0.717, 1.165) is 0 Å². The maximum atomic E-state index is 17.0. The van der Waals surface area contributed by atoms with Gasteiger partial charge in [0.25, 0.3) is 22.7 Å². The molecule has 0 aromatic rings. The summed E-state index contributed by atoms with van der Waals surface area (Å²) >= 11 is 0. The highest BCUT2D eigenvalue weighted by atomic mass is 19.3. The Balaban J connectivity index is 4.48. The third-order valence-corrected chi connectivity index (χ3v) is 6.94. The zero-order valence-electron chi connectivity index (χ0n) is 23.7. The molecule has 4 unspecified atom stereocenters. The van der Waals surface area contributed by atoms with Gasteiger partial charge in [-0.3, -0.25) is 0 Å². The number of hydrogen-bond acceptors (Lipinski definition) is 8. The topological polar surface area (TPSA) is 105 Å². The van der Waals surface area contributed by atoms with Crippen LogP contribution in [0.4, 0.5) is 61.5 Å². The molecule has 1 aliphatic carbocycles. The Hall–Kier alpha value is -4.14. The minimum absolute atomic E-state index is 0.139. The standard InChI is InChI=1S/C26H22F14O8/c1-5-14(41)45-10-9-21(30,31)23(33,34)18(27,11-46-15(42)6-2)22(32)19(28,12-47-16(43)7-3)25(37,38)26(39,40)20(29,24(22,35)36)13-48-17(44)8-4/h5-8H,1-4,9-13H2. The van der Waals surface area contributed by atoms with Crippen LogP contribution in [0.2, 0.25) is 0 Å². The molecule has 0 radical (unpaired) electrons. The zero-order valence-corrected chi connectivity index (χ0v) is 23.7. The molecule has 0 aromatic carbocycles. The highest BCUT2D eigenvalue weighted by Crippen LogP contribution is 2.73. The van der Waals surface area contributed by atoms with Crippen LogP contribution >= 0.6 is 0 Å². The summed E-state index contributed by atoms with van der Waals surface area (Å²) in [5, 5.41) is 0. The van der Waals surface area contributed by atoms with Gasteiger partial charge < -0.3 is 18.9 Å². The van der Waals surface area contributed by atoms with Crippen molar-refractivity contribution in [1.29, 1.82) is 0 Å². The van der Waals surface area contributed by atoms with Crippen LogP contribution in [-0.2, 0) is 38.1 Å². The highest BCUT2D eigenvalue weighted by Gasteiger charge is 3.05. The smallest absolute Gasteiger partial charge is 0.356 e. The fraction of sp³-hybridized carbons (Fsp3) is 0.538. The van der Waals surface area contributed by atoms with Crippen LogP contribution in [0.1, 0.15) is 6.42 Å². The van der Waals surface area contributed by atoms with Crippen LogP contribution in [0.3, 0.4) is 0 Å². The van der Waals surface area contributed by atoms with Crippen molar-refractivity contribution < 1.29 is 99.6 Å². The molecule has 22 heteroatoms. The third-order valence-electron chi connectivity index (χ3n) is 6.94. The molecule has 1 aliphatic rings. The summed E-state index contributed by atoms with van der Waals surface area (Å²) in [6.07, 6.45) is -3.08. The first-order valence-corrected chi connectivity index (χ1v) is 12.4. The van der Waals surface area contributed by atoms with E-state index in [0.29, 0.717) is 0 Å². The fourth-order valence-corrected chi connectivity index (χ4v) is 4.25.